The van der Waals surface area contributed by atoms with E-state index in [1.165, 1.54) is 6.92 Å². The minimum Gasteiger partial charge on any atom is -0.343 e. The van der Waals surface area contributed by atoms with Crippen molar-refractivity contribution in [3.63, 3.8) is 0 Å². The molecule has 1 rings (SSSR count). The summed E-state index contributed by atoms with van der Waals surface area (Å²) in [6.45, 7) is 1.02. The fourth-order valence-corrected chi connectivity index (χ4v) is 1.59. The van der Waals surface area contributed by atoms with Gasteiger partial charge in [-0.05, 0) is 17.7 Å². The van der Waals surface area contributed by atoms with Crippen molar-refractivity contribution >= 4 is 21.8 Å². The first-order valence-corrected chi connectivity index (χ1v) is 5.42. The molecular formula is C10H11BrN2O3. The fourth-order valence-electron chi connectivity index (χ4n) is 1.32. The van der Waals surface area contributed by atoms with E-state index in [1.807, 2.05) is 0 Å². The Morgan fingerprint density at radius 3 is 2.50 bits per heavy atom. The van der Waals surface area contributed by atoms with Crippen molar-refractivity contribution in [3.8, 4) is 0 Å². The van der Waals surface area contributed by atoms with E-state index in [-0.39, 0.29) is 12.5 Å². The van der Waals surface area contributed by atoms with E-state index in [1.54, 1.807) is 24.3 Å². The predicted octanol–water partition coefficient (Wildman–Crippen LogP) is 1.90. The van der Waals surface area contributed by atoms with Gasteiger partial charge in [-0.2, -0.15) is 0 Å². The van der Waals surface area contributed by atoms with Crippen LogP contribution in [-0.4, -0.2) is 17.4 Å². The van der Waals surface area contributed by atoms with Gasteiger partial charge in [0.2, 0.25) is 12.5 Å². The minimum absolute atomic E-state index is 0.283. The third-order valence-corrected chi connectivity index (χ3v) is 2.51. The molecule has 6 heteroatoms. The fraction of sp³-hybridized carbons (Fsp3) is 0.300. The van der Waals surface area contributed by atoms with E-state index in [0.29, 0.717) is 0 Å². The van der Waals surface area contributed by atoms with Crippen LogP contribution in [0, 0.1) is 10.1 Å². The van der Waals surface area contributed by atoms with Gasteiger partial charge in [-0.15, -0.1) is 0 Å². The van der Waals surface area contributed by atoms with Crippen molar-refractivity contribution in [1.29, 1.82) is 0 Å². The smallest absolute Gasteiger partial charge is 0.227 e. The highest BCUT2D eigenvalue weighted by molar-refractivity contribution is 9.10. The molecule has 0 aliphatic carbocycles. The van der Waals surface area contributed by atoms with E-state index < -0.39 is 11.0 Å². The summed E-state index contributed by atoms with van der Waals surface area (Å²) in [6, 6.07) is 6.47. The Bertz CT molecular complexity index is 376. The van der Waals surface area contributed by atoms with Crippen LogP contribution in [-0.2, 0) is 4.79 Å². The van der Waals surface area contributed by atoms with Crippen LogP contribution in [0.5, 0.6) is 0 Å². The third kappa shape index (κ3) is 3.98. The van der Waals surface area contributed by atoms with Gasteiger partial charge < -0.3 is 5.32 Å². The predicted molar refractivity (Wildman–Crippen MR) is 62.6 cm³/mol. The summed E-state index contributed by atoms with van der Waals surface area (Å²) in [5.74, 6) is -0.283. The molecule has 0 aliphatic heterocycles. The SMILES string of the molecule is CC(=O)N[C@@H](C[N+](=O)[O-])c1ccc(Br)cc1. The zero-order valence-electron chi connectivity index (χ0n) is 8.64. The molecule has 0 fully saturated rings. The lowest BCUT2D eigenvalue weighted by Crippen LogP contribution is -2.31. The summed E-state index contributed by atoms with van der Waals surface area (Å²) in [5, 5.41) is 13.0. The summed E-state index contributed by atoms with van der Waals surface area (Å²) < 4.78 is 0.888. The Labute approximate surface area is 101 Å². The zero-order chi connectivity index (χ0) is 12.1. The molecule has 86 valence electrons. The van der Waals surface area contributed by atoms with Crippen LogP contribution in [0.25, 0.3) is 0 Å². The van der Waals surface area contributed by atoms with Crippen LogP contribution in [0.2, 0.25) is 0 Å². The highest BCUT2D eigenvalue weighted by Gasteiger charge is 2.18. The molecule has 0 heterocycles. The molecule has 1 aromatic carbocycles. The third-order valence-electron chi connectivity index (χ3n) is 1.98. The number of halogens is 1. The number of hydrogen-bond donors (Lipinski definition) is 1. The van der Waals surface area contributed by atoms with Crippen LogP contribution in [0.15, 0.2) is 28.7 Å². The molecule has 1 N–H and O–H groups in total. The van der Waals surface area contributed by atoms with Gasteiger partial charge in [0, 0.05) is 16.3 Å². The number of benzene rings is 1. The molecule has 0 bridgehead atoms. The molecule has 0 spiro atoms. The molecule has 0 saturated heterocycles. The van der Waals surface area contributed by atoms with Crippen molar-refractivity contribution in [3.05, 3.63) is 44.4 Å². The molecule has 16 heavy (non-hydrogen) atoms. The van der Waals surface area contributed by atoms with E-state index in [2.05, 4.69) is 21.2 Å². The highest BCUT2D eigenvalue weighted by Crippen LogP contribution is 2.17. The number of carbonyl (C=O) groups is 1. The summed E-state index contributed by atoms with van der Waals surface area (Å²) in [4.78, 5) is 21.0. The lowest BCUT2D eigenvalue weighted by Gasteiger charge is -2.14. The number of carbonyl (C=O) groups excluding carboxylic acids is 1. The first kappa shape index (κ1) is 12.6. The van der Waals surface area contributed by atoms with Crippen LogP contribution in [0.4, 0.5) is 0 Å². The van der Waals surface area contributed by atoms with Gasteiger partial charge in [0.05, 0.1) is 0 Å². The Hall–Kier alpha value is -1.43. The van der Waals surface area contributed by atoms with Gasteiger partial charge in [-0.3, -0.25) is 14.9 Å². The maximum Gasteiger partial charge on any atom is 0.227 e. The summed E-state index contributed by atoms with van der Waals surface area (Å²) in [7, 11) is 0. The minimum atomic E-state index is -0.583. The number of nitrogens with one attached hydrogen (secondary N) is 1. The number of nitro groups is 1. The van der Waals surface area contributed by atoms with E-state index in [0.717, 1.165) is 10.0 Å². The van der Waals surface area contributed by atoms with Gasteiger partial charge in [0.15, 0.2) is 0 Å². The van der Waals surface area contributed by atoms with Crippen molar-refractivity contribution in [2.24, 2.45) is 0 Å². The van der Waals surface area contributed by atoms with Gasteiger partial charge in [0.25, 0.3) is 0 Å². The number of amides is 1. The van der Waals surface area contributed by atoms with Crippen molar-refractivity contribution in [2.75, 3.05) is 6.54 Å². The summed E-state index contributed by atoms with van der Waals surface area (Å²) >= 11 is 3.28. The monoisotopic (exact) mass is 286 g/mol. The summed E-state index contributed by atoms with van der Waals surface area (Å²) in [5.41, 5.74) is 0.718. The first-order valence-electron chi connectivity index (χ1n) is 4.63. The van der Waals surface area contributed by atoms with Crippen molar-refractivity contribution < 1.29 is 9.72 Å². The molecule has 0 aromatic heterocycles. The van der Waals surface area contributed by atoms with Gasteiger partial charge in [0.1, 0.15) is 6.04 Å². The lowest BCUT2D eigenvalue weighted by molar-refractivity contribution is -0.484. The maximum absolute atomic E-state index is 10.9. The molecule has 1 atom stereocenters. The highest BCUT2D eigenvalue weighted by atomic mass is 79.9. The van der Waals surface area contributed by atoms with Gasteiger partial charge in [-0.25, -0.2) is 0 Å². The Kier molecular flexibility index (Phi) is 4.42. The van der Waals surface area contributed by atoms with E-state index in [4.69, 9.17) is 0 Å². The van der Waals surface area contributed by atoms with Gasteiger partial charge >= 0.3 is 0 Å². The Balaban J connectivity index is 2.86. The first-order chi connectivity index (χ1) is 7.49. The average molecular weight is 287 g/mol. The second-order valence-electron chi connectivity index (χ2n) is 3.32. The molecule has 1 amide bonds. The molecule has 0 radical (unpaired) electrons. The maximum atomic E-state index is 10.9. The zero-order valence-corrected chi connectivity index (χ0v) is 10.2. The van der Waals surface area contributed by atoms with Crippen molar-refractivity contribution in [2.45, 2.75) is 13.0 Å². The number of nitrogens with zero attached hydrogens (tertiary/aromatic N) is 1. The Morgan fingerprint density at radius 2 is 2.06 bits per heavy atom. The van der Waals surface area contributed by atoms with Crippen LogP contribution >= 0.6 is 15.9 Å². The number of hydrogen-bond acceptors (Lipinski definition) is 3. The second-order valence-corrected chi connectivity index (χ2v) is 4.24. The van der Waals surface area contributed by atoms with Gasteiger partial charge in [-0.1, -0.05) is 28.1 Å². The largest absolute Gasteiger partial charge is 0.343 e. The lowest BCUT2D eigenvalue weighted by atomic mass is 10.1. The van der Waals surface area contributed by atoms with Crippen molar-refractivity contribution in [1.82, 2.24) is 5.32 Å². The van der Waals surface area contributed by atoms with Crippen LogP contribution in [0.1, 0.15) is 18.5 Å². The van der Waals surface area contributed by atoms with Crippen LogP contribution in [0.3, 0.4) is 0 Å². The van der Waals surface area contributed by atoms with E-state index in [9.17, 15) is 14.9 Å². The molecule has 5 nitrogen and oxygen atoms in total. The molecule has 0 saturated carbocycles. The average Bonchev–Trinajstić information content (AvgIpc) is 2.16. The molecule has 1 aromatic rings. The Morgan fingerprint density at radius 1 is 1.50 bits per heavy atom. The van der Waals surface area contributed by atoms with Crippen LogP contribution < -0.4 is 5.32 Å². The quantitative estimate of drug-likeness (QED) is 0.679. The number of rotatable bonds is 4. The molecular weight excluding hydrogens is 276 g/mol. The standard InChI is InChI=1S/C10H11BrN2O3/c1-7(14)12-10(6-13(15)16)8-2-4-9(11)5-3-8/h2-5,10H,6H2,1H3,(H,12,14)/t10-/m0/s1. The summed E-state index contributed by atoms with van der Waals surface area (Å²) in [6.07, 6.45) is 0. The molecule has 0 unspecified atom stereocenters. The van der Waals surface area contributed by atoms with E-state index >= 15 is 0 Å². The topological polar surface area (TPSA) is 72.2 Å². The normalized spacial score (nSPS) is 11.9. The molecule has 0 aliphatic rings. The second kappa shape index (κ2) is 5.60.